The van der Waals surface area contributed by atoms with Crippen LogP contribution >= 0.6 is 22.6 Å². The zero-order valence-electron chi connectivity index (χ0n) is 5.38. The molecule has 3 heteroatoms. The Hall–Kier alpha value is 0.650. The Bertz CT molecular complexity index is 87.1. The van der Waals surface area contributed by atoms with Gasteiger partial charge in [0, 0.05) is 10.8 Å². The van der Waals surface area contributed by atoms with E-state index in [-0.39, 0.29) is 18.3 Å². The SMILES string of the molecule is C[C@H]1O[C@H](CI)C[C@@H]1O. The summed E-state index contributed by atoms with van der Waals surface area (Å²) in [6, 6.07) is 0. The summed E-state index contributed by atoms with van der Waals surface area (Å²) < 4.78 is 6.35. The molecule has 0 unspecified atom stereocenters. The fourth-order valence-electron chi connectivity index (χ4n) is 1.01. The van der Waals surface area contributed by atoms with Gasteiger partial charge in [0.15, 0.2) is 0 Å². The van der Waals surface area contributed by atoms with Crippen molar-refractivity contribution in [3.8, 4) is 0 Å². The summed E-state index contributed by atoms with van der Waals surface area (Å²) in [5.74, 6) is 0. The van der Waals surface area contributed by atoms with Gasteiger partial charge in [0.05, 0.1) is 18.3 Å². The van der Waals surface area contributed by atoms with E-state index < -0.39 is 0 Å². The van der Waals surface area contributed by atoms with Crippen LogP contribution in [0.5, 0.6) is 0 Å². The van der Waals surface area contributed by atoms with Crippen molar-refractivity contribution in [2.24, 2.45) is 0 Å². The Morgan fingerprint density at radius 1 is 1.78 bits per heavy atom. The van der Waals surface area contributed by atoms with Crippen LogP contribution in [0, 0.1) is 0 Å². The van der Waals surface area contributed by atoms with Gasteiger partial charge in [-0.3, -0.25) is 0 Å². The van der Waals surface area contributed by atoms with E-state index >= 15 is 0 Å². The molecule has 0 saturated carbocycles. The number of hydrogen-bond acceptors (Lipinski definition) is 2. The molecule has 0 aliphatic carbocycles. The molecule has 0 aromatic carbocycles. The molecule has 0 aromatic heterocycles. The average molecular weight is 242 g/mol. The van der Waals surface area contributed by atoms with Crippen LogP contribution in [0.15, 0.2) is 0 Å². The van der Waals surface area contributed by atoms with Crippen LogP contribution in [0.2, 0.25) is 0 Å². The minimum absolute atomic E-state index is 0.0461. The molecule has 9 heavy (non-hydrogen) atoms. The molecule has 0 aromatic rings. The van der Waals surface area contributed by atoms with Crippen molar-refractivity contribution in [3.63, 3.8) is 0 Å². The molecular weight excluding hydrogens is 231 g/mol. The van der Waals surface area contributed by atoms with Gasteiger partial charge < -0.3 is 9.84 Å². The molecule has 1 fully saturated rings. The van der Waals surface area contributed by atoms with Crippen LogP contribution in [-0.2, 0) is 4.74 Å². The van der Waals surface area contributed by atoms with Crippen molar-refractivity contribution in [1.29, 1.82) is 0 Å². The van der Waals surface area contributed by atoms with Gasteiger partial charge in [-0.2, -0.15) is 0 Å². The molecule has 3 atom stereocenters. The van der Waals surface area contributed by atoms with E-state index in [0.29, 0.717) is 0 Å². The third-order valence-corrected chi connectivity index (χ3v) is 2.61. The summed E-state index contributed by atoms with van der Waals surface area (Å²) in [6.07, 6.45) is 0.912. The third kappa shape index (κ3) is 1.78. The Morgan fingerprint density at radius 3 is 2.67 bits per heavy atom. The van der Waals surface area contributed by atoms with Gasteiger partial charge >= 0.3 is 0 Å². The maximum atomic E-state index is 9.17. The lowest BCUT2D eigenvalue weighted by atomic mass is 10.2. The van der Waals surface area contributed by atoms with Gasteiger partial charge in [0.2, 0.25) is 0 Å². The highest BCUT2D eigenvalue weighted by Gasteiger charge is 2.29. The molecule has 1 heterocycles. The van der Waals surface area contributed by atoms with E-state index in [4.69, 9.17) is 4.74 Å². The van der Waals surface area contributed by atoms with E-state index in [9.17, 15) is 5.11 Å². The third-order valence-electron chi connectivity index (χ3n) is 1.63. The Labute approximate surface area is 68.7 Å². The average Bonchev–Trinajstić information content (AvgIpc) is 2.13. The quantitative estimate of drug-likeness (QED) is 0.548. The number of alkyl halides is 1. The van der Waals surface area contributed by atoms with Gasteiger partial charge in [0.1, 0.15) is 0 Å². The molecular formula is C6H11IO2. The van der Waals surface area contributed by atoms with Crippen LogP contribution in [0.3, 0.4) is 0 Å². The molecule has 1 saturated heterocycles. The van der Waals surface area contributed by atoms with E-state index in [2.05, 4.69) is 22.6 Å². The zero-order valence-corrected chi connectivity index (χ0v) is 7.54. The van der Waals surface area contributed by atoms with Crippen LogP contribution in [-0.4, -0.2) is 27.8 Å². The highest BCUT2D eigenvalue weighted by Crippen LogP contribution is 2.20. The smallest absolute Gasteiger partial charge is 0.0824 e. The lowest BCUT2D eigenvalue weighted by Crippen LogP contribution is -2.15. The molecule has 0 radical (unpaired) electrons. The lowest BCUT2D eigenvalue weighted by molar-refractivity contribution is 0.0310. The van der Waals surface area contributed by atoms with Crippen molar-refractivity contribution in [3.05, 3.63) is 0 Å². The summed E-state index contributed by atoms with van der Waals surface area (Å²) in [5, 5.41) is 9.17. The number of ether oxygens (including phenoxy) is 1. The maximum Gasteiger partial charge on any atom is 0.0824 e. The predicted octanol–water partition coefficient (Wildman–Crippen LogP) is 0.960. The second-order valence-electron chi connectivity index (χ2n) is 2.42. The van der Waals surface area contributed by atoms with Gasteiger partial charge in [0.25, 0.3) is 0 Å². The summed E-state index contributed by atoms with van der Waals surface area (Å²) >= 11 is 2.27. The number of rotatable bonds is 1. The molecule has 1 aliphatic heterocycles. The number of aliphatic hydroxyl groups is 1. The predicted molar refractivity (Wildman–Crippen MR) is 43.8 cm³/mol. The second-order valence-corrected chi connectivity index (χ2v) is 3.30. The standard InChI is InChI=1S/C6H11IO2/c1-4-6(8)2-5(3-7)9-4/h4-6,8H,2-3H2,1H3/t4-,5+,6+/m1/s1. The molecule has 1 N–H and O–H groups in total. The van der Waals surface area contributed by atoms with Gasteiger partial charge in [-0.15, -0.1) is 0 Å². The van der Waals surface area contributed by atoms with Gasteiger partial charge in [-0.1, -0.05) is 22.6 Å². The van der Waals surface area contributed by atoms with E-state index in [0.717, 1.165) is 10.8 Å². The fourth-order valence-corrected chi connectivity index (χ4v) is 1.58. The number of hydrogen-bond donors (Lipinski definition) is 1. The van der Waals surface area contributed by atoms with E-state index in [1.54, 1.807) is 0 Å². The fraction of sp³-hybridized carbons (Fsp3) is 1.00. The molecule has 0 spiro atoms. The summed E-state index contributed by atoms with van der Waals surface area (Å²) in [7, 11) is 0. The van der Waals surface area contributed by atoms with Gasteiger partial charge in [-0.25, -0.2) is 0 Å². The van der Waals surface area contributed by atoms with Crippen LogP contribution in [0.1, 0.15) is 13.3 Å². The summed E-state index contributed by atoms with van der Waals surface area (Å²) in [5.41, 5.74) is 0. The maximum absolute atomic E-state index is 9.17. The normalized spacial score (nSPS) is 43.7. The molecule has 2 nitrogen and oxygen atoms in total. The molecule has 0 bridgehead atoms. The highest BCUT2D eigenvalue weighted by molar-refractivity contribution is 14.1. The summed E-state index contributed by atoms with van der Waals surface area (Å²) in [4.78, 5) is 0. The Kier molecular flexibility index (Phi) is 2.73. The Morgan fingerprint density at radius 2 is 2.44 bits per heavy atom. The first-order valence-corrected chi connectivity index (χ1v) is 4.66. The zero-order chi connectivity index (χ0) is 6.85. The van der Waals surface area contributed by atoms with Crippen molar-refractivity contribution in [2.45, 2.75) is 31.7 Å². The highest BCUT2D eigenvalue weighted by atomic mass is 127. The topological polar surface area (TPSA) is 29.5 Å². The lowest BCUT2D eigenvalue weighted by Gasteiger charge is -2.05. The first kappa shape index (κ1) is 7.75. The molecule has 0 amide bonds. The van der Waals surface area contributed by atoms with E-state index in [1.807, 2.05) is 6.92 Å². The van der Waals surface area contributed by atoms with Crippen molar-refractivity contribution in [1.82, 2.24) is 0 Å². The van der Waals surface area contributed by atoms with Crippen LogP contribution in [0.25, 0.3) is 0 Å². The minimum Gasteiger partial charge on any atom is -0.390 e. The molecule has 54 valence electrons. The summed E-state index contributed by atoms with van der Waals surface area (Å²) in [6.45, 7) is 1.91. The first-order chi connectivity index (χ1) is 4.24. The number of halogens is 1. The van der Waals surface area contributed by atoms with Crippen molar-refractivity contribution < 1.29 is 9.84 Å². The van der Waals surface area contributed by atoms with Crippen LogP contribution in [0.4, 0.5) is 0 Å². The minimum atomic E-state index is -0.232. The van der Waals surface area contributed by atoms with Gasteiger partial charge in [-0.05, 0) is 6.92 Å². The molecule has 1 rings (SSSR count). The number of aliphatic hydroxyl groups excluding tert-OH is 1. The Balaban J connectivity index is 2.35. The van der Waals surface area contributed by atoms with E-state index in [1.165, 1.54) is 0 Å². The monoisotopic (exact) mass is 242 g/mol. The largest absolute Gasteiger partial charge is 0.390 e. The second kappa shape index (κ2) is 3.16. The molecule has 1 aliphatic rings. The van der Waals surface area contributed by atoms with Crippen LogP contribution < -0.4 is 0 Å². The van der Waals surface area contributed by atoms with Crippen molar-refractivity contribution >= 4 is 22.6 Å². The van der Waals surface area contributed by atoms with Crippen molar-refractivity contribution in [2.75, 3.05) is 4.43 Å². The first-order valence-electron chi connectivity index (χ1n) is 3.13.